The van der Waals surface area contributed by atoms with Gasteiger partial charge in [0.1, 0.15) is 15.0 Å². The van der Waals surface area contributed by atoms with Crippen molar-refractivity contribution in [3.8, 4) is 0 Å². The van der Waals surface area contributed by atoms with Gasteiger partial charge in [-0.3, -0.25) is 0 Å². The van der Waals surface area contributed by atoms with Gasteiger partial charge in [-0.15, -0.1) is 11.3 Å². The van der Waals surface area contributed by atoms with Gasteiger partial charge < -0.3 is 4.74 Å². The molecule has 2 N–H and O–H groups in total. The molecule has 1 aliphatic heterocycles. The molecular weight excluding hydrogens is 374 g/mol. The predicted molar refractivity (Wildman–Crippen MR) is 87.6 cm³/mol. The van der Waals surface area contributed by atoms with E-state index in [0.717, 1.165) is 0 Å². The third kappa shape index (κ3) is 3.00. The molecule has 10 heteroatoms. The summed E-state index contributed by atoms with van der Waals surface area (Å²) in [6.45, 7) is -0.428. The Morgan fingerprint density at radius 2 is 1.88 bits per heavy atom. The first-order valence-corrected chi connectivity index (χ1v) is 10.4. The van der Waals surface area contributed by atoms with Crippen molar-refractivity contribution in [2.75, 3.05) is 6.61 Å². The fraction of sp³-hybridized carbons (Fsp3) is 0.0714. The number of hydrogen-bond acceptors (Lipinski definition) is 7. The highest BCUT2D eigenvalue weighted by molar-refractivity contribution is 7.98. The lowest BCUT2D eigenvalue weighted by molar-refractivity contribution is 0.0547. The molecule has 0 atom stereocenters. The molecule has 24 heavy (non-hydrogen) atoms. The van der Waals surface area contributed by atoms with Gasteiger partial charge in [0.15, 0.2) is 0 Å². The van der Waals surface area contributed by atoms with Crippen molar-refractivity contribution in [2.24, 2.45) is 5.14 Å². The van der Waals surface area contributed by atoms with Crippen LogP contribution >= 0.6 is 11.3 Å². The van der Waals surface area contributed by atoms with E-state index < -0.39 is 32.4 Å². The Labute approximate surface area is 142 Å². The summed E-state index contributed by atoms with van der Waals surface area (Å²) < 4.78 is 52.1. The molecule has 7 nitrogen and oxygen atoms in total. The number of rotatable bonds is 4. The van der Waals surface area contributed by atoms with Gasteiger partial charge in [-0.25, -0.2) is 26.8 Å². The zero-order valence-corrected chi connectivity index (χ0v) is 14.4. The van der Waals surface area contributed by atoms with Crippen LogP contribution in [-0.4, -0.2) is 29.4 Å². The van der Waals surface area contributed by atoms with Gasteiger partial charge in [-0.1, -0.05) is 18.2 Å². The van der Waals surface area contributed by atoms with Crippen molar-refractivity contribution >= 4 is 43.2 Å². The summed E-state index contributed by atoms with van der Waals surface area (Å²) in [5.41, 5.74) is 0.537. The number of sulfonamides is 1. The topological polar surface area (TPSA) is 121 Å². The maximum Gasteiger partial charge on any atom is 0.338 e. The van der Waals surface area contributed by atoms with E-state index in [1.54, 1.807) is 30.3 Å². The number of carbonyl (C=O) groups excluding carboxylic acids is 1. The number of carbonyl (C=O) groups is 1. The molecule has 1 aromatic carbocycles. The smallest absolute Gasteiger partial charge is 0.338 e. The van der Waals surface area contributed by atoms with Gasteiger partial charge in [0.05, 0.1) is 10.5 Å². The van der Waals surface area contributed by atoms with Crippen LogP contribution in [0.1, 0.15) is 15.9 Å². The van der Waals surface area contributed by atoms with Crippen molar-refractivity contribution in [2.45, 2.75) is 8.42 Å². The minimum absolute atomic E-state index is 0.103. The summed E-state index contributed by atoms with van der Waals surface area (Å²) >= 11 is 0.577. The second-order valence-electron chi connectivity index (χ2n) is 4.91. The Balaban J connectivity index is 1.82. The zero-order chi connectivity index (χ0) is 17.5. The zero-order valence-electron chi connectivity index (χ0n) is 12.0. The van der Waals surface area contributed by atoms with E-state index in [9.17, 15) is 21.6 Å². The van der Waals surface area contributed by atoms with Crippen LogP contribution in [0.3, 0.4) is 0 Å². The standard InChI is InChI=1S/C14H11NO6S3/c15-24(19,20)12-7-10-6-11(23(17,18)14(10)22-12)8-21-13(16)9-4-2-1-3-5-9/h1-7H,8H2,(H2,15,19,20). The molecule has 2 aromatic rings. The highest BCUT2D eigenvalue weighted by Crippen LogP contribution is 2.40. The third-order valence-corrected chi connectivity index (χ3v) is 8.17. The fourth-order valence-electron chi connectivity index (χ4n) is 2.10. The average molecular weight is 385 g/mol. The Bertz CT molecular complexity index is 1050. The molecule has 0 fully saturated rings. The molecular formula is C14H11NO6S3. The predicted octanol–water partition coefficient (Wildman–Crippen LogP) is 1.38. The molecule has 0 aliphatic carbocycles. The summed E-state index contributed by atoms with van der Waals surface area (Å²) in [6, 6.07) is 9.36. The van der Waals surface area contributed by atoms with Gasteiger partial charge >= 0.3 is 5.97 Å². The van der Waals surface area contributed by atoms with Crippen molar-refractivity contribution in [3.05, 3.63) is 52.4 Å². The summed E-state index contributed by atoms with van der Waals surface area (Å²) in [5, 5.41) is 5.00. The lowest BCUT2D eigenvalue weighted by Gasteiger charge is -2.06. The maximum absolute atomic E-state index is 12.4. The van der Waals surface area contributed by atoms with Gasteiger partial charge in [0.25, 0.3) is 0 Å². The molecule has 0 radical (unpaired) electrons. The number of fused-ring (bicyclic) bond motifs is 1. The number of thiophene rings is 1. The van der Waals surface area contributed by atoms with Crippen LogP contribution in [0.2, 0.25) is 0 Å². The number of primary sulfonamides is 1. The average Bonchev–Trinajstić information content (AvgIpc) is 3.05. The Kier molecular flexibility index (Phi) is 4.08. The Morgan fingerprint density at radius 1 is 1.21 bits per heavy atom. The first-order valence-electron chi connectivity index (χ1n) is 6.54. The number of sulfone groups is 1. The van der Waals surface area contributed by atoms with Crippen LogP contribution in [0.5, 0.6) is 0 Å². The number of nitrogens with two attached hydrogens (primary N) is 1. The van der Waals surface area contributed by atoms with Gasteiger partial charge in [0.2, 0.25) is 19.9 Å². The molecule has 1 aliphatic rings. The van der Waals surface area contributed by atoms with E-state index in [1.807, 2.05) is 0 Å². The number of ether oxygens (including phenoxy) is 1. The molecule has 2 heterocycles. The fourth-order valence-corrected chi connectivity index (χ4v) is 6.06. The first-order chi connectivity index (χ1) is 11.2. The van der Waals surface area contributed by atoms with E-state index in [4.69, 9.17) is 9.88 Å². The van der Waals surface area contributed by atoms with Gasteiger partial charge in [-0.05, 0) is 24.3 Å². The van der Waals surface area contributed by atoms with Crippen LogP contribution in [0.4, 0.5) is 0 Å². The molecule has 0 unspecified atom stereocenters. The van der Waals surface area contributed by atoms with E-state index in [2.05, 4.69) is 0 Å². The number of hydrogen-bond donors (Lipinski definition) is 1. The minimum Gasteiger partial charge on any atom is -0.456 e. The summed E-state index contributed by atoms with van der Waals surface area (Å²) in [4.78, 5) is 11.8. The van der Waals surface area contributed by atoms with Crippen molar-refractivity contribution in [1.82, 2.24) is 0 Å². The molecule has 0 saturated heterocycles. The van der Waals surface area contributed by atoms with Crippen LogP contribution < -0.4 is 5.14 Å². The summed E-state index contributed by atoms with van der Waals surface area (Å²) in [5.74, 6) is -0.646. The van der Waals surface area contributed by atoms with Crippen molar-refractivity contribution in [3.63, 3.8) is 0 Å². The third-order valence-electron chi connectivity index (χ3n) is 3.24. The number of benzene rings is 1. The summed E-state index contributed by atoms with van der Waals surface area (Å²) in [7, 11) is -7.85. The molecule has 126 valence electrons. The van der Waals surface area contributed by atoms with Crippen LogP contribution in [-0.2, 0) is 24.6 Å². The van der Waals surface area contributed by atoms with Crippen molar-refractivity contribution < 1.29 is 26.4 Å². The quantitative estimate of drug-likeness (QED) is 0.794. The molecule has 0 spiro atoms. The first kappa shape index (κ1) is 16.8. The van der Waals surface area contributed by atoms with E-state index in [-0.39, 0.29) is 18.9 Å². The van der Waals surface area contributed by atoms with Gasteiger partial charge in [-0.2, -0.15) is 0 Å². The monoisotopic (exact) mass is 385 g/mol. The molecule has 0 saturated carbocycles. The van der Waals surface area contributed by atoms with Crippen LogP contribution in [0.15, 0.2) is 49.7 Å². The Morgan fingerprint density at radius 3 is 2.46 bits per heavy atom. The second-order valence-corrected chi connectivity index (χ2v) is 9.95. The largest absolute Gasteiger partial charge is 0.456 e. The lowest BCUT2D eigenvalue weighted by Crippen LogP contribution is -2.12. The maximum atomic E-state index is 12.4. The Hall–Kier alpha value is -2.01. The van der Waals surface area contributed by atoms with Crippen molar-refractivity contribution in [1.29, 1.82) is 0 Å². The second kappa shape index (κ2) is 5.81. The summed E-state index contributed by atoms with van der Waals surface area (Å²) in [6.07, 6.45) is 1.29. The van der Waals surface area contributed by atoms with E-state index in [0.29, 0.717) is 16.9 Å². The molecule has 1 aromatic heterocycles. The lowest BCUT2D eigenvalue weighted by atomic mass is 10.2. The molecule has 3 rings (SSSR count). The SMILES string of the molecule is NS(=O)(=O)c1cc2c(s1)S(=O)(=O)C(COC(=O)c1ccccc1)=C2. The molecule has 0 amide bonds. The molecule has 0 bridgehead atoms. The van der Waals surface area contributed by atoms with Gasteiger partial charge in [0, 0.05) is 5.56 Å². The highest BCUT2D eigenvalue weighted by Gasteiger charge is 2.34. The number of esters is 1. The van der Waals surface area contributed by atoms with E-state index in [1.165, 1.54) is 12.1 Å². The normalized spacial score (nSPS) is 15.6. The van der Waals surface area contributed by atoms with Crippen LogP contribution in [0.25, 0.3) is 6.08 Å². The van der Waals surface area contributed by atoms with Crippen LogP contribution in [0, 0.1) is 0 Å². The highest BCUT2D eigenvalue weighted by atomic mass is 32.3. The van der Waals surface area contributed by atoms with E-state index >= 15 is 0 Å². The minimum atomic E-state index is -3.97.